The molecule has 1 fully saturated rings. The predicted octanol–water partition coefficient (Wildman–Crippen LogP) is 2.06. The van der Waals surface area contributed by atoms with E-state index in [1.807, 2.05) is 19.1 Å². The van der Waals surface area contributed by atoms with Gasteiger partial charge < -0.3 is 18.9 Å². The van der Waals surface area contributed by atoms with Gasteiger partial charge in [0.1, 0.15) is 22.8 Å². The molecule has 0 spiro atoms. The first kappa shape index (κ1) is 21.3. The van der Waals surface area contributed by atoms with Crippen LogP contribution in [0.15, 0.2) is 50.6 Å². The Morgan fingerprint density at radius 3 is 2.71 bits per heavy atom. The molecule has 10 heteroatoms. The highest BCUT2D eigenvalue weighted by Gasteiger charge is 2.28. The standard InChI is InChI=1S/C21H22N2O7S/c1-2-14-3-4-17-15(10-20(24)30-19(17)9-14)13-29-21(25)18-11-16(12-22-18)31(26,27)23-5-7-28-8-6-23/h3-4,9-12,22H,2,5-8,13H2,1H3. The molecular weight excluding hydrogens is 424 g/mol. The molecule has 31 heavy (non-hydrogen) atoms. The lowest BCUT2D eigenvalue weighted by atomic mass is 10.1. The van der Waals surface area contributed by atoms with Crippen molar-refractivity contribution in [3.63, 3.8) is 0 Å². The number of carbonyl (C=O) groups excluding carboxylic acids is 1. The van der Waals surface area contributed by atoms with E-state index < -0.39 is 21.6 Å². The van der Waals surface area contributed by atoms with Gasteiger partial charge in [0.05, 0.1) is 13.2 Å². The van der Waals surface area contributed by atoms with Gasteiger partial charge in [-0.15, -0.1) is 0 Å². The van der Waals surface area contributed by atoms with Gasteiger partial charge in [-0.25, -0.2) is 18.0 Å². The Labute approximate surface area is 178 Å². The second-order valence-electron chi connectivity index (χ2n) is 7.12. The molecule has 164 valence electrons. The van der Waals surface area contributed by atoms with Gasteiger partial charge in [0, 0.05) is 36.3 Å². The fourth-order valence-corrected chi connectivity index (χ4v) is 4.81. The molecule has 0 unspecified atom stereocenters. The lowest BCUT2D eigenvalue weighted by molar-refractivity contribution is 0.0467. The average molecular weight is 446 g/mol. The van der Waals surface area contributed by atoms with Crippen molar-refractivity contribution in [2.45, 2.75) is 24.8 Å². The van der Waals surface area contributed by atoms with Gasteiger partial charge in [0.25, 0.3) is 0 Å². The molecule has 0 aliphatic carbocycles. The zero-order chi connectivity index (χ0) is 22.0. The van der Waals surface area contributed by atoms with E-state index in [9.17, 15) is 18.0 Å². The normalized spacial score (nSPS) is 15.3. The third-order valence-electron chi connectivity index (χ3n) is 5.15. The zero-order valence-electron chi connectivity index (χ0n) is 16.9. The molecule has 0 amide bonds. The summed E-state index contributed by atoms with van der Waals surface area (Å²) < 4.78 is 42.5. The Morgan fingerprint density at radius 1 is 1.19 bits per heavy atom. The van der Waals surface area contributed by atoms with Crippen LogP contribution in [-0.2, 0) is 32.5 Å². The minimum atomic E-state index is -3.72. The van der Waals surface area contributed by atoms with Gasteiger partial charge >= 0.3 is 11.6 Å². The molecule has 1 aliphatic heterocycles. The molecule has 2 aromatic heterocycles. The molecule has 3 aromatic rings. The number of ether oxygens (including phenoxy) is 2. The number of aromatic nitrogens is 1. The predicted molar refractivity (Wildman–Crippen MR) is 111 cm³/mol. The number of morpholine rings is 1. The fraction of sp³-hybridized carbons (Fsp3) is 0.333. The molecule has 1 saturated heterocycles. The highest BCUT2D eigenvalue weighted by molar-refractivity contribution is 7.89. The fourth-order valence-electron chi connectivity index (χ4n) is 3.41. The van der Waals surface area contributed by atoms with Gasteiger partial charge in [0.15, 0.2) is 0 Å². The maximum absolute atomic E-state index is 12.7. The van der Waals surface area contributed by atoms with Crippen LogP contribution in [0.2, 0.25) is 0 Å². The third kappa shape index (κ3) is 4.41. The number of nitrogens with one attached hydrogen (secondary N) is 1. The van der Waals surface area contributed by atoms with Crippen LogP contribution < -0.4 is 5.63 Å². The monoisotopic (exact) mass is 446 g/mol. The zero-order valence-corrected chi connectivity index (χ0v) is 17.7. The van der Waals surface area contributed by atoms with Gasteiger partial charge in [-0.1, -0.05) is 19.1 Å². The molecule has 3 heterocycles. The molecular formula is C21H22N2O7S. The van der Waals surface area contributed by atoms with Crippen LogP contribution in [0.4, 0.5) is 0 Å². The van der Waals surface area contributed by atoms with Gasteiger partial charge in [-0.3, -0.25) is 0 Å². The second-order valence-corrected chi connectivity index (χ2v) is 9.05. The molecule has 1 aliphatic rings. The van der Waals surface area contributed by atoms with Crippen molar-refractivity contribution in [1.29, 1.82) is 0 Å². The number of hydrogen-bond acceptors (Lipinski definition) is 7. The summed E-state index contributed by atoms with van der Waals surface area (Å²) in [6.07, 6.45) is 2.06. The first-order chi connectivity index (χ1) is 14.9. The molecule has 9 nitrogen and oxygen atoms in total. The van der Waals surface area contributed by atoms with E-state index in [0.717, 1.165) is 12.0 Å². The number of aromatic amines is 1. The van der Waals surface area contributed by atoms with Crippen molar-refractivity contribution in [2.24, 2.45) is 0 Å². The summed E-state index contributed by atoms with van der Waals surface area (Å²) in [5.41, 5.74) is 1.43. The number of carbonyl (C=O) groups is 1. The average Bonchev–Trinajstić information content (AvgIpc) is 3.28. The quantitative estimate of drug-likeness (QED) is 0.455. The first-order valence-electron chi connectivity index (χ1n) is 9.87. The number of rotatable bonds is 6. The topological polar surface area (TPSA) is 119 Å². The van der Waals surface area contributed by atoms with Crippen LogP contribution in [0.1, 0.15) is 28.5 Å². The maximum Gasteiger partial charge on any atom is 0.355 e. The Bertz CT molecular complexity index is 1270. The SMILES string of the molecule is CCc1ccc2c(COC(=O)c3cc(S(=O)(=O)N4CCOCC4)c[nH]3)cc(=O)oc2c1. The van der Waals surface area contributed by atoms with Gasteiger partial charge in [0.2, 0.25) is 10.0 Å². The molecule has 4 rings (SSSR count). The van der Waals surface area contributed by atoms with Gasteiger partial charge in [-0.05, 0) is 24.1 Å². The van der Waals surface area contributed by atoms with E-state index in [1.54, 1.807) is 6.07 Å². The summed E-state index contributed by atoms with van der Waals surface area (Å²) in [4.78, 5) is 27.0. The Morgan fingerprint density at radius 2 is 1.97 bits per heavy atom. The summed E-state index contributed by atoms with van der Waals surface area (Å²) in [5, 5.41) is 0.673. The summed E-state index contributed by atoms with van der Waals surface area (Å²) in [7, 11) is -3.72. The minimum Gasteiger partial charge on any atom is -0.456 e. The largest absolute Gasteiger partial charge is 0.456 e. The van der Waals surface area contributed by atoms with Crippen molar-refractivity contribution in [3.8, 4) is 0 Å². The Kier molecular flexibility index (Phi) is 5.94. The van der Waals surface area contributed by atoms with Crippen molar-refractivity contribution < 1.29 is 27.1 Å². The molecule has 0 saturated carbocycles. The van der Waals surface area contributed by atoms with Crippen molar-refractivity contribution >= 4 is 27.0 Å². The van der Waals surface area contributed by atoms with E-state index in [0.29, 0.717) is 29.7 Å². The Hall–Kier alpha value is -2.95. The van der Waals surface area contributed by atoms with Crippen molar-refractivity contribution in [1.82, 2.24) is 9.29 Å². The highest BCUT2D eigenvalue weighted by Crippen LogP contribution is 2.21. The molecule has 0 bridgehead atoms. The van der Waals surface area contributed by atoms with E-state index in [1.165, 1.54) is 22.6 Å². The van der Waals surface area contributed by atoms with E-state index >= 15 is 0 Å². The van der Waals surface area contributed by atoms with Crippen LogP contribution >= 0.6 is 0 Å². The number of benzene rings is 1. The third-order valence-corrected chi connectivity index (χ3v) is 7.02. The number of H-pyrrole nitrogens is 1. The number of aryl methyl sites for hydroxylation is 1. The summed E-state index contributed by atoms with van der Waals surface area (Å²) >= 11 is 0. The molecule has 1 aromatic carbocycles. The van der Waals surface area contributed by atoms with E-state index in [2.05, 4.69) is 4.98 Å². The van der Waals surface area contributed by atoms with Crippen LogP contribution in [0.25, 0.3) is 11.0 Å². The minimum absolute atomic E-state index is 0.00683. The van der Waals surface area contributed by atoms with Crippen LogP contribution in [0.3, 0.4) is 0 Å². The Balaban J connectivity index is 1.51. The van der Waals surface area contributed by atoms with E-state index in [-0.39, 0.29) is 30.3 Å². The summed E-state index contributed by atoms with van der Waals surface area (Å²) in [5.74, 6) is -0.727. The van der Waals surface area contributed by atoms with Crippen LogP contribution in [0.5, 0.6) is 0 Å². The first-order valence-corrected chi connectivity index (χ1v) is 11.3. The molecule has 0 radical (unpaired) electrons. The number of hydrogen-bond donors (Lipinski definition) is 1. The number of fused-ring (bicyclic) bond motifs is 1. The van der Waals surface area contributed by atoms with Crippen LogP contribution in [-0.4, -0.2) is 50.0 Å². The highest BCUT2D eigenvalue weighted by atomic mass is 32.2. The van der Waals surface area contributed by atoms with Gasteiger partial charge in [-0.2, -0.15) is 4.31 Å². The van der Waals surface area contributed by atoms with Crippen molar-refractivity contribution in [3.05, 3.63) is 63.8 Å². The molecule has 0 atom stereocenters. The van der Waals surface area contributed by atoms with Crippen LogP contribution in [0, 0.1) is 0 Å². The number of esters is 1. The lowest BCUT2D eigenvalue weighted by Gasteiger charge is -2.25. The molecule has 1 N–H and O–H groups in total. The second kappa shape index (κ2) is 8.66. The smallest absolute Gasteiger partial charge is 0.355 e. The summed E-state index contributed by atoms with van der Waals surface area (Å²) in [6, 6.07) is 8.06. The number of nitrogens with zero attached hydrogens (tertiary/aromatic N) is 1. The van der Waals surface area contributed by atoms with E-state index in [4.69, 9.17) is 13.9 Å². The number of sulfonamides is 1. The summed E-state index contributed by atoms with van der Waals surface area (Å²) in [6.45, 7) is 3.02. The lowest BCUT2D eigenvalue weighted by Crippen LogP contribution is -2.40. The maximum atomic E-state index is 12.7. The van der Waals surface area contributed by atoms with Crippen molar-refractivity contribution in [2.75, 3.05) is 26.3 Å².